The van der Waals surface area contributed by atoms with Crippen LogP contribution in [0.5, 0.6) is 0 Å². The summed E-state index contributed by atoms with van der Waals surface area (Å²) in [5.74, 6) is -1.43. The largest absolute Gasteiger partial charge is 0.481 e. The van der Waals surface area contributed by atoms with E-state index in [1.165, 1.54) is 18.2 Å². The molecule has 2 amide bonds. The highest BCUT2D eigenvalue weighted by Gasteiger charge is 2.50. The van der Waals surface area contributed by atoms with Gasteiger partial charge in [-0.05, 0) is 53.3 Å². The number of ether oxygens (including phenoxy) is 1. The fourth-order valence-corrected chi connectivity index (χ4v) is 4.64. The van der Waals surface area contributed by atoms with Gasteiger partial charge in [-0.1, -0.05) is 60.1 Å². The number of amides is 2. The lowest BCUT2D eigenvalue weighted by Gasteiger charge is -2.15. The van der Waals surface area contributed by atoms with Crippen LogP contribution in [-0.4, -0.2) is 36.2 Å². The van der Waals surface area contributed by atoms with Crippen LogP contribution >= 0.6 is 11.6 Å². The third-order valence-corrected chi connectivity index (χ3v) is 7.03. The smallest absolute Gasteiger partial charge is 0.411 e. The highest BCUT2D eigenvalue weighted by Crippen LogP contribution is 2.45. The Kier molecular flexibility index (Phi) is 5.94. The fourth-order valence-electron chi connectivity index (χ4n) is 4.48. The lowest BCUT2D eigenvalue weighted by atomic mass is 9.98. The van der Waals surface area contributed by atoms with Crippen molar-refractivity contribution in [3.8, 4) is 11.1 Å². The Bertz CT molecular complexity index is 1290. The first-order valence-electron chi connectivity index (χ1n) is 11.3. The maximum atomic E-state index is 12.6. The molecule has 1 fully saturated rings. The first-order chi connectivity index (χ1) is 16.9. The van der Waals surface area contributed by atoms with E-state index in [4.69, 9.17) is 16.3 Å². The van der Waals surface area contributed by atoms with E-state index in [1.807, 2.05) is 36.4 Å². The summed E-state index contributed by atoms with van der Waals surface area (Å²) >= 11 is 6.23. The Morgan fingerprint density at radius 1 is 0.971 bits per heavy atom. The average molecular weight is 491 g/mol. The molecular formula is C27H23ClN2O5. The Morgan fingerprint density at radius 2 is 1.60 bits per heavy atom. The van der Waals surface area contributed by atoms with Gasteiger partial charge >= 0.3 is 12.1 Å². The second kappa shape index (κ2) is 9.07. The molecule has 0 atom stereocenters. The maximum Gasteiger partial charge on any atom is 0.411 e. The van der Waals surface area contributed by atoms with Gasteiger partial charge in [-0.3, -0.25) is 14.9 Å². The summed E-state index contributed by atoms with van der Waals surface area (Å²) in [5.41, 5.74) is 4.09. The Balaban J connectivity index is 1.24. The van der Waals surface area contributed by atoms with Gasteiger partial charge in [0, 0.05) is 18.0 Å². The molecule has 3 aromatic carbocycles. The molecule has 0 aromatic heterocycles. The summed E-state index contributed by atoms with van der Waals surface area (Å²) in [6.45, 7) is 0.202. The van der Waals surface area contributed by atoms with Crippen LogP contribution < -0.4 is 10.6 Å². The standard InChI is InChI=1S/C27H23ClN2O5/c28-22-10-9-16(24(31)29-15-27(11-12-27)25(32)33)13-23(22)30-26(34)35-14-21-19-7-3-1-5-17(19)18-6-2-4-8-20(18)21/h1-10,13,21H,11-12,14-15H2,(H,29,31)(H,30,34)(H,32,33). The highest BCUT2D eigenvalue weighted by molar-refractivity contribution is 6.33. The van der Waals surface area contributed by atoms with Crippen molar-refractivity contribution in [2.24, 2.45) is 5.41 Å². The van der Waals surface area contributed by atoms with Gasteiger partial charge in [0.15, 0.2) is 0 Å². The molecule has 0 saturated heterocycles. The molecular weight excluding hydrogens is 468 g/mol. The lowest BCUT2D eigenvalue weighted by Crippen LogP contribution is -2.34. The number of nitrogens with one attached hydrogen (secondary N) is 2. The first kappa shape index (κ1) is 22.9. The zero-order chi connectivity index (χ0) is 24.6. The number of carbonyl (C=O) groups excluding carboxylic acids is 2. The second-order valence-electron chi connectivity index (χ2n) is 8.91. The topological polar surface area (TPSA) is 105 Å². The molecule has 0 aliphatic heterocycles. The summed E-state index contributed by atoms with van der Waals surface area (Å²) in [5, 5.41) is 14.8. The quantitative estimate of drug-likeness (QED) is 0.417. The summed E-state index contributed by atoms with van der Waals surface area (Å²) in [6, 6.07) is 20.6. The van der Waals surface area contributed by atoms with E-state index in [-0.39, 0.29) is 35.3 Å². The minimum atomic E-state index is -0.911. The molecule has 1 saturated carbocycles. The van der Waals surface area contributed by atoms with Crippen LogP contribution in [0, 0.1) is 5.41 Å². The third-order valence-electron chi connectivity index (χ3n) is 6.70. The summed E-state index contributed by atoms with van der Waals surface area (Å²) in [4.78, 5) is 36.5. The van der Waals surface area contributed by atoms with Crippen LogP contribution in [0.3, 0.4) is 0 Å². The Labute approximate surface area is 207 Å². The van der Waals surface area contributed by atoms with Gasteiger partial charge in [-0.15, -0.1) is 0 Å². The number of carboxylic acid groups (broad SMARTS) is 1. The van der Waals surface area contributed by atoms with Crippen molar-refractivity contribution in [1.82, 2.24) is 5.32 Å². The van der Waals surface area contributed by atoms with E-state index >= 15 is 0 Å². The number of anilines is 1. The number of halogens is 1. The lowest BCUT2D eigenvalue weighted by molar-refractivity contribution is -0.143. The SMILES string of the molecule is O=C(Nc1cc(C(=O)NCC2(C(=O)O)CC2)ccc1Cl)OCC1c2ccccc2-c2ccccc21. The molecule has 3 aromatic rings. The van der Waals surface area contributed by atoms with Crippen molar-refractivity contribution in [3.63, 3.8) is 0 Å². The number of fused-ring (bicyclic) bond motifs is 3. The van der Waals surface area contributed by atoms with E-state index in [2.05, 4.69) is 22.8 Å². The molecule has 0 heterocycles. The molecule has 8 heteroatoms. The van der Waals surface area contributed by atoms with Crippen LogP contribution in [-0.2, 0) is 9.53 Å². The van der Waals surface area contributed by atoms with Crippen molar-refractivity contribution in [1.29, 1.82) is 0 Å². The minimum Gasteiger partial charge on any atom is -0.481 e. The zero-order valence-corrected chi connectivity index (χ0v) is 19.5. The van der Waals surface area contributed by atoms with Gasteiger partial charge in [0.25, 0.3) is 5.91 Å². The number of benzene rings is 3. The molecule has 0 unspecified atom stereocenters. The Hall–Kier alpha value is -3.84. The van der Waals surface area contributed by atoms with E-state index in [0.717, 1.165) is 22.3 Å². The normalized spacial score (nSPS) is 15.0. The predicted molar refractivity (Wildman–Crippen MR) is 132 cm³/mol. The van der Waals surface area contributed by atoms with Gasteiger partial charge in [-0.25, -0.2) is 4.79 Å². The number of hydrogen-bond donors (Lipinski definition) is 3. The fraction of sp³-hybridized carbons (Fsp3) is 0.222. The summed E-state index contributed by atoms with van der Waals surface area (Å²) in [7, 11) is 0. The first-order valence-corrected chi connectivity index (χ1v) is 11.7. The van der Waals surface area contributed by atoms with Crippen molar-refractivity contribution >= 4 is 35.3 Å². The number of carboxylic acids is 1. The monoisotopic (exact) mass is 490 g/mol. The molecule has 35 heavy (non-hydrogen) atoms. The second-order valence-corrected chi connectivity index (χ2v) is 9.32. The minimum absolute atomic E-state index is 0.0545. The zero-order valence-electron chi connectivity index (χ0n) is 18.7. The van der Waals surface area contributed by atoms with Crippen molar-refractivity contribution < 1.29 is 24.2 Å². The van der Waals surface area contributed by atoms with Gasteiger partial charge in [0.2, 0.25) is 0 Å². The van der Waals surface area contributed by atoms with E-state index < -0.39 is 23.4 Å². The van der Waals surface area contributed by atoms with Gasteiger partial charge < -0.3 is 15.2 Å². The molecule has 7 nitrogen and oxygen atoms in total. The highest BCUT2D eigenvalue weighted by atomic mass is 35.5. The van der Waals surface area contributed by atoms with Crippen molar-refractivity contribution in [2.75, 3.05) is 18.5 Å². The number of carbonyl (C=O) groups is 3. The third kappa shape index (κ3) is 4.47. The summed E-state index contributed by atoms with van der Waals surface area (Å²) in [6.07, 6.45) is 0.393. The molecule has 0 bridgehead atoms. The molecule has 5 rings (SSSR count). The van der Waals surface area contributed by atoms with Gasteiger partial charge in [0.1, 0.15) is 6.61 Å². The maximum absolute atomic E-state index is 12.6. The van der Waals surface area contributed by atoms with Crippen LogP contribution in [0.25, 0.3) is 11.1 Å². The molecule has 2 aliphatic carbocycles. The average Bonchev–Trinajstić information content (AvgIpc) is 3.60. The van der Waals surface area contributed by atoms with E-state index in [9.17, 15) is 19.5 Å². The van der Waals surface area contributed by atoms with Crippen molar-refractivity contribution in [2.45, 2.75) is 18.8 Å². The molecule has 3 N–H and O–H groups in total. The molecule has 0 spiro atoms. The predicted octanol–water partition coefficient (Wildman–Crippen LogP) is 5.30. The van der Waals surface area contributed by atoms with Crippen LogP contribution in [0.4, 0.5) is 10.5 Å². The van der Waals surface area contributed by atoms with Crippen molar-refractivity contribution in [3.05, 3.63) is 88.4 Å². The van der Waals surface area contributed by atoms with E-state index in [1.54, 1.807) is 0 Å². The van der Waals surface area contributed by atoms with Crippen LogP contribution in [0.15, 0.2) is 66.7 Å². The van der Waals surface area contributed by atoms with Crippen LogP contribution in [0.1, 0.15) is 40.2 Å². The number of rotatable bonds is 7. The molecule has 178 valence electrons. The van der Waals surface area contributed by atoms with Gasteiger partial charge in [-0.2, -0.15) is 0 Å². The number of hydrogen-bond acceptors (Lipinski definition) is 4. The molecule has 0 radical (unpaired) electrons. The van der Waals surface area contributed by atoms with Gasteiger partial charge in [0.05, 0.1) is 16.1 Å². The molecule has 2 aliphatic rings. The number of aliphatic carboxylic acids is 1. The van der Waals surface area contributed by atoms with Crippen LogP contribution in [0.2, 0.25) is 5.02 Å². The van der Waals surface area contributed by atoms with E-state index in [0.29, 0.717) is 12.8 Å². The summed E-state index contributed by atoms with van der Waals surface area (Å²) < 4.78 is 5.55. The Morgan fingerprint density at radius 3 is 2.20 bits per heavy atom.